The average molecular weight is 462 g/mol. The zero-order chi connectivity index (χ0) is 22.1. The van der Waals surface area contributed by atoms with Gasteiger partial charge in [-0.15, -0.1) is 0 Å². The second-order valence-electron chi connectivity index (χ2n) is 7.74. The van der Waals surface area contributed by atoms with Crippen LogP contribution in [-0.2, 0) is 4.79 Å². The van der Waals surface area contributed by atoms with E-state index >= 15 is 0 Å². The number of carbonyl (C=O) groups is 1. The molecule has 1 heterocycles. The maximum Gasteiger partial charge on any atom is 0.311 e. The highest BCUT2D eigenvalue weighted by Gasteiger charge is 2.42. The lowest BCUT2D eigenvalue weighted by Crippen LogP contribution is -2.52. The van der Waals surface area contributed by atoms with E-state index in [-0.39, 0.29) is 17.5 Å². The number of carboxylic acids is 1. The predicted molar refractivity (Wildman–Crippen MR) is 117 cm³/mol. The summed E-state index contributed by atoms with van der Waals surface area (Å²) in [7, 11) is 0. The Balaban J connectivity index is 1.62. The standard InChI is InChI=1S/C24H19Cl2F2NO2/c25-18-6-4-14(5-7-18)23(15-2-1-3-19(26)8-15)29-12-17(13-29)22(24(30)31)16-9-20(27)11-21(28)10-16/h1-11,17,22-23H,12-13H2,(H,30,31). The lowest BCUT2D eigenvalue weighted by molar-refractivity contribution is -0.142. The van der Waals surface area contributed by atoms with E-state index in [2.05, 4.69) is 4.90 Å². The summed E-state index contributed by atoms with van der Waals surface area (Å²) in [5, 5.41) is 11.0. The largest absolute Gasteiger partial charge is 0.481 e. The van der Waals surface area contributed by atoms with Crippen molar-refractivity contribution in [1.29, 1.82) is 0 Å². The molecule has 3 aromatic rings. The summed E-state index contributed by atoms with van der Waals surface area (Å²) >= 11 is 12.3. The van der Waals surface area contributed by atoms with Gasteiger partial charge in [-0.1, -0.05) is 47.5 Å². The van der Waals surface area contributed by atoms with Gasteiger partial charge in [0.25, 0.3) is 0 Å². The van der Waals surface area contributed by atoms with Crippen LogP contribution >= 0.6 is 23.2 Å². The number of carboxylic acid groups (broad SMARTS) is 1. The first-order valence-electron chi connectivity index (χ1n) is 9.75. The molecule has 0 bridgehead atoms. The van der Waals surface area contributed by atoms with E-state index in [0.717, 1.165) is 29.3 Å². The normalized spacial score (nSPS) is 16.5. The Hall–Kier alpha value is -2.47. The molecular weight excluding hydrogens is 443 g/mol. The molecule has 1 N–H and O–H groups in total. The van der Waals surface area contributed by atoms with Crippen molar-refractivity contribution in [2.45, 2.75) is 12.0 Å². The molecule has 160 valence electrons. The number of hydrogen-bond donors (Lipinski definition) is 1. The van der Waals surface area contributed by atoms with E-state index in [1.54, 1.807) is 18.2 Å². The van der Waals surface area contributed by atoms with Crippen LogP contribution in [0.3, 0.4) is 0 Å². The van der Waals surface area contributed by atoms with Crippen LogP contribution in [0.4, 0.5) is 8.78 Å². The minimum Gasteiger partial charge on any atom is -0.481 e. The van der Waals surface area contributed by atoms with Gasteiger partial charge in [0.1, 0.15) is 11.6 Å². The first kappa shape index (κ1) is 21.8. The molecule has 3 aromatic carbocycles. The zero-order valence-corrected chi connectivity index (χ0v) is 17.8. The molecule has 0 spiro atoms. The number of likely N-dealkylation sites (tertiary alicyclic amines) is 1. The highest BCUT2D eigenvalue weighted by atomic mass is 35.5. The molecular formula is C24H19Cl2F2NO2. The van der Waals surface area contributed by atoms with E-state index in [1.807, 2.05) is 30.3 Å². The van der Waals surface area contributed by atoms with Crippen molar-refractivity contribution in [2.24, 2.45) is 5.92 Å². The highest BCUT2D eigenvalue weighted by molar-refractivity contribution is 6.30. The monoisotopic (exact) mass is 461 g/mol. The molecule has 4 rings (SSSR count). The van der Waals surface area contributed by atoms with Gasteiger partial charge < -0.3 is 5.11 Å². The fourth-order valence-corrected chi connectivity index (χ4v) is 4.60. The van der Waals surface area contributed by atoms with Crippen LogP contribution < -0.4 is 0 Å². The minimum atomic E-state index is -1.10. The highest BCUT2D eigenvalue weighted by Crippen LogP contribution is 2.40. The van der Waals surface area contributed by atoms with Crippen molar-refractivity contribution >= 4 is 29.2 Å². The Morgan fingerprint density at radius 1 is 0.871 bits per heavy atom. The quantitative estimate of drug-likeness (QED) is 0.477. The number of benzene rings is 3. The first-order valence-corrected chi connectivity index (χ1v) is 10.5. The molecule has 3 nitrogen and oxygen atoms in total. The molecule has 2 unspecified atom stereocenters. The molecule has 0 amide bonds. The second-order valence-corrected chi connectivity index (χ2v) is 8.61. The fraction of sp³-hybridized carbons (Fsp3) is 0.208. The van der Waals surface area contributed by atoms with E-state index in [9.17, 15) is 18.7 Å². The van der Waals surface area contributed by atoms with Crippen LogP contribution in [0.5, 0.6) is 0 Å². The van der Waals surface area contributed by atoms with Crippen LogP contribution in [-0.4, -0.2) is 29.1 Å². The Morgan fingerprint density at radius 2 is 1.52 bits per heavy atom. The summed E-state index contributed by atoms with van der Waals surface area (Å²) < 4.78 is 27.4. The Morgan fingerprint density at radius 3 is 2.10 bits per heavy atom. The van der Waals surface area contributed by atoms with Crippen LogP contribution in [0, 0.1) is 17.6 Å². The summed E-state index contributed by atoms with van der Waals surface area (Å²) in [6.45, 7) is 0.907. The maximum absolute atomic E-state index is 13.7. The van der Waals surface area contributed by atoms with Gasteiger partial charge >= 0.3 is 5.97 Å². The third kappa shape index (κ3) is 4.74. The van der Waals surface area contributed by atoms with Crippen molar-refractivity contribution < 1.29 is 18.7 Å². The molecule has 7 heteroatoms. The van der Waals surface area contributed by atoms with Gasteiger partial charge in [-0.05, 0) is 53.1 Å². The van der Waals surface area contributed by atoms with Crippen molar-refractivity contribution in [3.8, 4) is 0 Å². The lowest BCUT2D eigenvalue weighted by Gasteiger charge is -2.47. The van der Waals surface area contributed by atoms with Crippen molar-refractivity contribution in [1.82, 2.24) is 4.90 Å². The SMILES string of the molecule is O=C(O)C(c1cc(F)cc(F)c1)C1CN(C(c2ccc(Cl)cc2)c2cccc(Cl)c2)C1. The predicted octanol–water partition coefficient (Wildman–Crippen LogP) is 6.16. The topological polar surface area (TPSA) is 40.5 Å². The smallest absolute Gasteiger partial charge is 0.311 e. The fourth-order valence-electron chi connectivity index (χ4n) is 4.28. The van der Waals surface area contributed by atoms with Crippen molar-refractivity contribution in [2.75, 3.05) is 13.1 Å². The summed E-state index contributed by atoms with van der Waals surface area (Å²) in [6, 6.07) is 17.8. The number of rotatable bonds is 6. The molecule has 0 radical (unpaired) electrons. The van der Waals surface area contributed by atoms with E-state index < -0.39 is 23.5 Å². The molecule has 31 heavy (non-hydrogen) atoms. The number of halogens is 4. The van der Waals surface area contributed by atoms with Gasteiger partial charge in [0.05, 0.1) is 12.0 Å². The number of nitrogens with zero attached hydrogens (tertiary/aromatic N) is 1. The number of aliphatic carboxylic acids is 1. The van der Waals surface area contributed by atoms with Crippen LogP contribution in [0.25, 0.3) is 0 Å². The summed E-state index contributed by atoms with van der Waals surface area (Å²) in [5.41, 5.74) is 2.10. The van der Waals surface area contributed by atoms with E-state index in [1.165, 1.54) is 0 Å². The van der Waals surface area contributed by atoms with Crippen LogP contribution in [0.15, 0.2) is 66.7 Å². The van der Waals surface area contributed by atoms with E-state index in [0.29, 0.717) is 23.1 Å². The minimum absolute atomic E-state index is 0.139. The molecule has 2 atom stereocenters. The maximum atomic E-state index is 13.7. The summed E-state index contributed by atoms with van der Waals surface area (Å²) in [4.78, 5) is 14.1. The molecule has 0 saturated carbocycles. The Kier molecular flexibility index (Phi) is 6.28. The van der Waals surface area contributed by atoms with Crippen molar-refractivity contribution in [3.63, 3.8) is 0 Å². The molecule has 1 aliphatic rings. The van der Waals surface area contributed by atoms with Gasteiger partial charge in [-0.3, -0.25) is 9.69 Å². The van der Waals surface area contributed by atoms with Gasteiger partial charge in [0.2, 0.25) is 0 Å². The van der Waals surface area contributed by atoms with E-state index in [4.69, 9.17) is 23.2 Å². The van der Waals surface area contributed by atoms with Gasteiger partial charge in [-0.2, -0.15) is 0 Å². The zero-order valence-electron chi connectivity index (χ0n) is 16.3. The summed E-state index contributed by atoms with van der Waals surface area (Å²) in [5.74, 6) is -3.94. The van der Waals surface area contributed by atoms with Gasteiger partial charge in [0, 0.05) is 35.1 Å². The van der Waals surface area contributed by atoms with Crippen molar-refractivity contribution in [3.05, 3.63) is 105 Å². The third-order valence-electron chi connectivity index (χ3n) is 5.63. The second kappa shape index (κ2) is 8.95. The van der Waals surface area contributed by atoms with Gasteiger partial charge in [0.15, 0.2) is 0 Å². The third-order valence-corrected chi connectivity index (χ3v) is 6.12. The molecule has 1 fully saturated rings. The molecule has 0 aliphatic carbocycles. The molecule has 1 aliphatic heterocycles. The number of hydrogen-bond acceptors (Lipinski definition) is 2. The Bertz CT molecular complexity index is 1080. The van der Waals surface area contributed by atoms with Crippen LogP contribution in [0.2, 0.25) is 10.0 Å². The van der Waals surface area contributed by atoms with Crippen LogP contribution in [0.1, 0.15) is 28.7 Å². The average Bonchev–Trinajstić information content (AvgIpc) is 2.66. The lowest BCUT2D eigenvalue weighted by atomic mass is 9.79. The molecule has 0 aromatic heterocycles. The summed E-state index contributed by atoms with van der Waals surface area (Å²) in [6.07, 6.45) is 0. The Labute approximate surface area is 188 Å². The first-order chi connectivity index (χ1) is 14.8. The molecule has 1 saturated heterocycles. The van der Waals surface area contributed by atoms with Gasteiger partial charge in [-0.25, -0.2) is 8.78 Å².